The molecule has 0 aliphatic heterocycles. The van der Waals surface area contributed by atoms with Gasteiger partial charge in [-0.2, -0.15) is 0 Å². The van der Waals surface area contributed by atoms with E-state index in [0.29, 0.717) is 0 Å². The molecule has 0 amide bonds. The smallest absolute Gasteiger partial charge is 0.00772 e. The summed E-state index contributed by atoms with van der Waals surface area (Å²) in [7, 11) is 0. The van der Waals surface area contributed by atoms with E-state index in [1.54, 1.807) is 0 Å². The van der Waals surface area contributed by atoms with Crippen molar-refractivity contribution in [2.75, 3.05) is 39.3 Å². The lowest BCUT2D eigenvalue weighted by Crippen LogP contribution is -2.32. The number of rotatable bonds is 16. The van der Waals surface area contributed by atoms with Crippen molar-refractivity contribution in [2.24, 2.45) is 0 Å². The first kappa shape index (κ1) is 24.1. The van der Waals surface area contributed by atoms with Crippen LogP contribution in [-0.2, 0) is 0 Å². The second kappa shape index (κ2) is 25.8. The maximum Gasteiger partial charge on any atom is 0.00772 e. The lowest BCUT2D eigenvalue weighted by atomic mass is 10.1. The molecule has 0 rings (SSSR count). The Morgan fingerprint density at radius 3 is 1.05 bits per heavy atom. The predicted octanol–water partition coefficient (Wildman–Crippen LogP) is 4.33. The largest absolute Gasteiger partial charge is 0.316 e. The molecular formula is C19H45N3. The van der Waals surface area contributed by atoms with Crippen LogP contribution in [0.15, 0.2) is 0 Å². The Kier molecular flexibility index (Phi) is 28.3. The molecule has 0 heterocycles. The number of unbranched alkanes of at least 4 members (excludes halogenated alkanes) is 8. The summed E-state index contributed by atoms with van der Waals surface area (Å²) in [5.41, 5.74) is 0. The molecule has 0 bridgehead atoms. The molecule has 0 spiro atoms. The first-order valence-electron chi connectivity index (χ1n) is 9.95. The van der Waals surface area contributed by atoms with Crippen molar-refractivity contribution in [1.82, 2.24) is 16.0 Å². The van der Waals surface area contributed by atoms with Gasteiger partial charge in [0.05, 0.1) is 0 Å². The van der Waals surface area contributed by atoms with E-state index < -0.39 is 0 Å². The molecular weight excluding hydrogens is 270 g/mol. The van der Waals surface area contributed by atoms with E-state index in [4.69, 9.17) is 0 Å². The van der Waals surface area contributed by atoms with E-state index in [-0.39, 0.29) is 0 Å². The Morgan fingerprint density at radius 1 is 0.409 bits per heavy atom. The highest BCUT2D eigenvalue weighted by Gasteiger charge is 1.89. The van der Waals surface area contributed by atoms with Crippen molar-refractivity contribution in [3.63, 3.8) is 0 Å². The highest BCUT2D eigenvalue weighted by molar-refractivity contribution is 4.52. The van der Waals surface area contributed by atoms with Crippen LogP contribution in [0.25, 0.3) is 0 Å². The molecule has 0 aliphatic rings. The van der Waals surface area contributed by atoms with Crippen LogP contribution >= 0.6 is 0 Å². The van der Waals surface area contributed by atoms with Crippen molar-refractivity contribution >= 4 is 0 Å². The molecule has 0 saturated heterocycles. The van der Waals surface area contributed by atoms with Crippen molar-refractivity contribution in [3.8, 4) is 0 Å². The minimum Gasteiger partial charge on any atom is -0.316 e. The molecule has 136 valence electrons. The molecule has 0 aromatic rings. The van der Waals surface area contributed by atoms with Gasteiger partial charge in [0, 0.05) is 26.2 Å². The lowest BCUT2D eigenvalue weighted by Gasteiger charge is -2.04. The van der Waals surface area contributed by atoms with Gasteiger partial charge in [-0.05, 0) is 13.1 Å². The van der Waals surface area contributed by atoms with Gasteiger partial charge in [-0.15, -0.1) is 0 Å². The fourth-order valence-corrected chi connectivity index (χ4v) is 2.22. The van der Waals surface area contributed by atoms with E-state index >= 15 is 0 Å². The number of likely N-dealkylation sites (N-methyl/N-ethyl adjacent to an activating group) is 2. The van der Waals surface area contributed by atoms with Crippen LogP contribution in [-0.4, -0.2) is 39.3 Å². The third-order valence-corrected chi connectivity index (χ3v) is 3.66. The second-order valence-electron chi connectivity index (χ2n) is 5.93. The predicted molar refractivity (Wildman–Crippen MR) is 103 cm³/mol. The van der Waals surface area contributed by atoms with Gasteiger partial charge in [-0.25, -0.2) is 0 Å². The Balaban J connectivity index is 0. The quantitative estimate of drug-likeness (QED) is 0.371. The summed E-state index contributed by atoms with van der Waals surface area (Å²) in [5, 5.41) is 9.84. The van der Waals surface area contributed by atoms with Crippen LogP contribution in [0.2, 0.25) is 0 Å². The van der Waals surface area contributed by atoms with Crippen LogP contribution in [0.4, 0.5) is 0 Å². The molecule has 22 heavy (non-hydrogen) atoms. The zero-order chi connectivity index (χ0) is 16.7. The molecule has 0 fully saturated rings. The van der Waals surface area contributed by atoms with Gasteiger partial charge < -0.3 is 16.0 Å². The average molecular weight is 316 g/mol. The summed E-state index contributed by atoms with van der Waals surface area (Å²) in [6, 6.07) is 0. The topological polar surface area (TPSA) is 36.1 Å². The number of hydrogen-bond donors (Lipinski definition) is 3. The number of nitrogens with one attached hydrogen (secondary N) is 3. The maximum absolute atomic E-state index is 3.33. The second-order valence-corrected chi connectivity index (χ2v) is 5.93. The zero-order valence-electron chi connectivity index (χ0n) is 16.1. The minimum atomic E-state index is 1.06. The van der Waals surface area contributed by atoms with Gasteiger partial charge >= 0.3 is 0 Å². The van der Waals surface area contributed by atoms with E-state index in [2.05, 4.69) is 43.6 Å². The zero-order valence-corrected chi connectivity index (χ0v) is 16.1. The standard InChI is InChI=1S/C11H24.C8H21N3/c1-3-5-7-9-11-10-8-6-4-2;1-3-9-5-7-11-8-6-10-4-2/h3-11H2,1-2H3;9-11H,3-8H2,1-2H3. The van der Waals surface area contributed by atoms with Gasteiger partial charge in [-0.1, -0.05) is 85.5 Å². The summed E-state index contributed by atoms with van der Waals surface area (Å²) < 4.78 is 0. The highest BCUT2D eigenvalue weighted by atomic mass is 15.0. The Hall–Kier alpha value is -0.120. The number of hydrogen-bond acceptors (Lipinski definition) is 3. The molecule has 3 heteroatoms. The monoisotopic (exact) mass is 315 g/mol. The van der Waals surface area contributed by atoms with Crippen LogP contribution in [0.3, 0.4) is 0 Å². The summed E-state index contributed by atoms with van der Waals surface area (Å²) in [6.45, 7) is 15.2. The Labute approximate surface area is 141 Å². The van der Waals surface area contributed by atoms with Crippen LogP contribution in [0.1, 0.15) is 85.5 Å². The third-order valence-electron chi connectivity index (χ3n) is 3.66. The molecule has 3 nitrogen and oxygen atoms in total. The van der Waals surface area contributed by atoms with E-state index in [9.17, 15) is 0 Å². The van der Waals surface area contributed by atoms with Crippen LogP contribution in [0, 0.1) is 0 Å². The van der Waals surface area contributed by atoms with E-state index in [1.807, 2.05) is 0 Å². The molecule has 0 saturated carbocycles. The minimum absolute atomic E-state index is 1.06. The van der Waals surface area contributed by atoms with Gasteiger partial charge in [0.25, 0.3) is 0 Å². The molecule has 0 aromatic carbocycles. The first-order valence-corrected chi connectivity index (χ1v) is 9.95. The molecule has 0 aromatic heterocycles. The average Bonchev–Trinajstić information content (AvgIpc) is 2.54. The van der Waals surface area contributed by atoms with Gasteiger partial charge in [0.1, 0.15) is 0 Å². The highest BCUT2D eigenvalue weighted by Crippen LogP contribution is 2.08. The lowest BCUT2D eigenvalue weighted by molar-refractivity contribution is 0.572. The fraction of sp³-hybridized carbons (Fsp3) is 1.00. The van der Waals surface area contributed by atoms with Gasteiger partial charge in [0.2, 0.25) is 0 Å². The Bertz CT molecular complexity index is 129. The molecule has 0 radical (unpaired) electrons. The van der Waals surface area contributed by atoms with Crippen molar-refractivity contribution < 1.29 is 0 Å². The molecule has 0 unspecified atom stereocenters. The summed E-state index contributed by atoms with van der Waals surface area (Å²) in [6.07, 6.45) is 13.0. The fourth-order valence-electron chi connectivity index (χ4n) is 2.22. The van der Waals surface area contributed by atoms with E-state index in [1.165, 1.54) is 57.8 Å². The third kappa shape index (κ3) is 28.1. The van der Waals surface area contributed by atoms with Crippen molar-refractivity contribution in [1.29, 1.82) is 0 Å². The molecule has 3 N–H and O–H groups in total. The first-order chi connectivity index (χ1) is 10.8. The van der Waals surface area contributed by atoms with Gasteiger partial charge in [0.15, 0.2) is 0 Å². The molecule has 0 aliphatic carbocycles. The van der Waals surface area contributed by atoms with E-state index in [0.717, 1.165) is 39.3 Å². The molecule has 0 atom stereocenters. The van der Waals surface area contributed by atoms with Crippen LogP contribution in [0.5, 0.6) is 0 Å². The maximum atomic E-state index is 3.33. The van der Waals surface area contributed by atoms with Crippen molar-refractivity contribution in [3.05, 3.63) is 0 Å². The van der Waals surface area contributed by atoms with Gasteiger partial charge in [-0.3, -0.25) is 0 Å². The van der Waals surface area contributed by atoms with Crippen molar-refractivity contribution in [2.45, 2.75) is 85.5 Å². The summed E-state index contributed by atoms with van der Waals surface area (Å²) in [5.74, 6) is 0. The summed E-state index contributed by atoms with van der Waals surface area (Å²) >= 11 is 0. The normalized spacial score (nSPS) is 10.4. The summed E-state index contributed by atoms with van der Waals surface area (Å²) in [4.78, 5) is 0. The van der Waals surface area contributed by atoms with Crippen LogP contribution < -0.4 is 16.0 Å². The SMILES string of the molecule is CCCCCCCCCCC.CCNCCNCCNCC. The Morgan fingerprint density at radius 2 is 0.727 bits per heavy atom.